The quantitative estimate of drug-likeness (QED) is 0.234. The lowest BCUT2D eigenvalue weighted by molar-refractivity contribution is -0.384. The van der Waals surface area contributed by atoms with Gasteiger partial charge in [-0.05, 0) is 24.6 Å². The van der Waals surface area contributed by atoms with Crippen molar-refractivity contribution in [3.05, 3.63) is 85.7 Å². The Hall–Kier alpha value is -2.84. The van der Waals surface area contributed by atoms with E-state index in [0.717, 1.165) is 22.6 Å². The number of amides is 1. The van der Waals surface area contributed by atoms with Crippen molar-refractivity contribution in [1.82, 2.24) is 0 Å². The average Bonchev–Trinajstić information content (AvgIpc) is 3.22. The molecule has 0 aromatic heterocycles. The fraction of sp³-hybridized carbons (Fsp3) is 0.143. The second-order valence-electron chi connectivity index (χ2n) is 6.23. The Morgan fingerprint density at radius 2 is 1.79 bits per heavy atom. The summed E-state index contributed by atoms with van der Waals surface area (Å²) in [5.41, 5.74) is 2.18. The normalized spacial score (nSPS) is 13.5. The van der Waals surface area contributed by atoms with Crippen LogP contribution in [0.3, 0.4) is 0 Å². The van der Waals surface area contributed by atoms with Crippen LogP contribution >= 0.6 is 23.5 Å². The third-order valence-corrected chi connectivity index (χ3v) is 6.76. The molecule has 148 valence electrons. The summed E-state index contributed by atoms with van der Waals surface area (Å²) in [5.74, 6) is 0.678. The van der Waals surface area contributed by atoms with Gasteiger partial charge in [0.25, 0.3) is 11.6 Å². The van der Waals surface area contributed by atoms with Gasteiger partial charge in [0, 0.05) is 29.3 Å². The van der Waals surface area contributed by atoms with Crippen LogP contribution in [0.2, 0.25) is 0 Å². The number of hydrogen-bond acceptors (Lipinski definition) is 6. The topological polar surface area (TPSA) is 89.3 Å². The van der Waals surface area contributed by atoms with Crippen molar-refractivity contribution in [3.63, 3.8) is 0 Å². The van der Waals surface area contributed by atoms with Gasteiger partial charge in [-0.25, -0.2) is 0 Å². The molecule has 0 saturated carbocycles. The predicted octanol–water partition coefficient (Wildman–Crippen LogP) is 4.82. The van der Waals surface area contributed by atoms with E-state index in [0.29, 0.717) is 4.24 Å². The van der Waals surface area contributed by atoms with Crippen molar-refractivity contribution in [2.75, 3.05) is 16.8 Å². The standard InChI is InChI=1S/C21H18N2O4S2/c1-14-5-7-15(8-6-14)9-10-18(24)19(21-28-11-12-29-21)20(25)22-16-3-2-4-17(13-16)23(26)27/h2-10,13H,11-12H2,1H3,(H,22,25)/b10-9+. The summed E-state index contributed by atoms with van der Waals surface area (Å²) < 4.78 is 0.673. The summed E-state index contributed by atoms with van der Waals surface area (Å²) in [6.07, 6.45) is 3.06. The van der Waals surface area contributed by atoms with Crippen molar-refractivity contribution >= 4 is 52.7 Å². The van der Waals surface area contributed by atoms with Gasteiger partial charge in [-0.15, -0.1) is 23.5 Å². The highest BCUT2D eigenvalue weighted by Gasteiger charge is 2.25. The van der Waals surface area contributed by atoms with Crippen LogP contribution in [-0.4, -0.2) is 28.1 Å². The first kappa shape index (κ1) is 20.9. The van der Waals surface area contributed by atoms with E-state index in [1.807, 2.05) is 31.2 Å². The first-order valence-electron chi connectivity index (χ1n) is 8.79. The number of ketones is 1. The molecule has 0 unspecified atom stereocenters. The van der Waals surface area contributed by atoms with Gasteiger partial charge in [0.05, 0.1) is 9.16 Å². The van der Waals surface area contributed by atoms with E-state index < -0.39 is 16.6 Å². The van der Waals surface area contributed by atoms with Crippen molar-refractivity contribution in [3.8, 4) is 0 Å². The highest BCUT2D eigenvalue weighted by molar-refractivity contribution is 8.25. The molecule has 0 bridgehead atoms. The molecule has 8 heteroatoms. The van der Waals surface area contributed by atoms with Crippen LogP contribution in [0.1, 0.15) is 11.1 Å². The molecule has 1 amide bonds. The Morgan fingerprint density at radius 3 is 2.45 bits per heavy atom. The summed E-state index contributed by atoms with van der Waals surface area (Å²) in [4.78, 5) is 36.1. The van der Waals surface area contributed by atoms with Gasteiger partial charge in [-0.1, -0.05) is 42.0 Å². The Balaban J connectivity index is 1.83. The van der Waals surface area contributed by atoms with Crippen LogP contribution in [0.15, 0.2) is 64.4 Å². The SMILES string of the molecule is Cc1ccc(/C=C/C(=O)C(C(=O)Nc2cccc([N+](=O)[O-])c2)=C2SCCS2)cc1. The Labute approximate surface area is 176 Å². The van der Waals surface area contributed by atoms with E-state index >= 15 is 0 Å². The molecular formula is C21H18N2O4S2. The lowest BCUT2D eigenvalue weighted by Crippen LogP contribution is -2.20. The number of non-ortho nitro benzene ring substituents is 1. The van der Waals surface area contributed by atoms with E-state index in [-0.39, 0.29) is 16.9 Å². The molecule has 6 nitrogen and oxygen atoms in total. The number of nitro benzene ring substituents is 1. The van der Waals surface area contributed by atoms with Crippen LogP contribution in [0.4, 0.5) is 11.4 Å². The zero-order chi connectivity index (χ0) is 20.8. The van der Waals surface area contributed by atoms with Crippen molar-refractivity contribution in [2.45, 2.75) is 6.92 Å². The number of anilines is 1. The van der Waals surface area contributed by atoms with Gasteiger partial charge in [0.1, 0.15) is 5.57 Å². The lowest BCUT2D eigenvalue weighted by Gasteiger charge is -2.09. The van der Waals surface area contributed by atoms with Gasteiger partial charge in [-0.2, -0.15) is 0 Å². The Bertz CT molecular complexity index is 1010. The Kier molecular flexibility index (Phi) is 6.90. The molecule has 1 fully saturated rings. The van der Waals surface area contributed by atoms with Gasteiger partial charge in [-0.3, -0.25) is 19.7 Å². The molecule has 3 rings (SSSR count). The van der Waals surface area contributed by atoms with Gasteiger partial charge in [0.15, 0.2) is 5.78 Å². The molecule has 1 aliphatic heterocycles. The van der Waals surface area contributed by atoms with E-state index in [4.69, 9.17) is 0 Å². The number of hydrogen-bond donors (Lipinski definition) is 1. The number of aryl methyl sites for hydroxylation is 1. The van der Waals surface area contributed by atoms with Crippen molar-refractivity contribution < 1.29 is 14.5 Å². The molecule has 1 heterocycles. The summed E-state index contributed by atoms with van der Waals surface area (Å²) in [5, 5.41) is 13.6. The smallest absolute Gasteiger partial charge is 0.271 e. The number of carbonyl (C=O) groups excluding carboxylic acids is 2. The van der Waals surface area contributed by atoms with Crippen molar-refractivity contribution in [1.29, 1.82) is 0 Å². The molecule has 1 aliphatic rings. The van der Waals surface area contributed by atoms with E-state index in [9.17, 15) is 19.7 Å². The maximum atomic E-state index is 12.9. The van der Waals surface area contributed by atoms with Gasteiger partial charge >= 0.3 is 0 Å². The van der Waals surface area contributed by atoms with E-state index in [2.05, 4.69) is 5.32 Å². The molecular weight excluding hydrogens is 408 g/mol. The average molecular weight is 427 g/mol. The van der Waals surface area contributed by atoms with Crippen LogP contribution in [0.5, 0.6) is 0 Å². The molecule has 29 heavy (non-hydrogen) atoms. The number of benzene rings is 2. The number of nitrogens with one attached hydrogen (secondary N) is 1. The monoisotopic (exact) mass is 426 g/mol. The molecule has 0 radical (unpaired) electrons. The minimum absolute atomic E-state index is 0.0624. The van der Waals surface area contributed by atoms with E-state index in [1.54, 1.807) is 12.1 Å². The van der Waals surface area contributed by atoms with Crippen molar-refractivity contribution in [2.24, 2.45) is 0 Å². The molecule has 2 aromatic carbocycles. The maximum Gasteiger partial charge on any atom is 0.271 e. The summed E-state index contributed by atoms with van der Waals surface area (Å²) in [7, 11) is 0. The largest absolute Gasteiger partial charge is 0.322 e. The molecule has 0 atom stereocenters. The van der Waals surface area contributed by atoms with Crippen LogP contribution in [-0.2, 0) is 9.59 Å². The fourth-order valence-electron chi connectivity index (χ4n) is 2.58. The minimum Gasteiger partial charge on any atom is -0.322 e. The molecule has 0 spiro atoms. The third-order valence-electron chi connectivity index (χ3n) is 4.05. The second kappa shape index (κ2) is 9.58. The zero-order valence-electron chi connectivity index (χ0n) is 15.6. The Morgan fingerprint density at radius 1 is 1.10 bits per heavy atom. The zero-order valence-corrected chi connectivity index (χ0v) is 17.2. The molecule has 0 aliphatic carbocycles. The molecule has 2 aromatic rings. The number of nitro groups is 1. The summed E-state index contributed by atoms with van der Waals surface area (Å²) >= 11 is 2.94. The predicted molar refractivity (Wildman–Crippen MR) is 119 cm³/mol. The number of rotatable bonds is 6. The number of thioether (sulfide) groups is 2. The lowest BCUT2D eigenvalue weighted by atomic mass is 10.1. The summed E-state index contributed by atoms with van der Waals surface area (Å²) in [6, 6.07) is 13.3. The number of nitrogens with zero attached hydrogens (tertiary/aromatic N) is 1. The highest BCUT2D eigenvalue weighted by Crippen LogP contribution is 2.39. The maximum absolute atomic E-state index is 12.9. The first-order valence-corrected chi connectivity index (χ1v) is 10.8. The van der Waals surface area contributed by atoms with Crippen LogP contribution in [0.25, 0.3) is 6.08 Å². The van der Waals surface area contributed by atoms with Gasteiger partial charge < -0.3 is 5.32 Å². The third kappa shape index (κ3) is 5.58. The second-order valence-corrected chi connectivity index (χ2v) is 8.70. The number of carbonyl (C=O) groups is 2. The summed E-state index contributed by atoms with van der Waals surface area (Å²) in [6.45, 7) is 1.98. The van der Waals surface area contributed by atoms with Crippen LogP contribution in [0, 0.1) is 17.0 Å². The molecule has 1 saturated heterocycles. The minimum atomic E-state index is -0.569. The molecule has 1 N–H and O–H groups in total. The van der Waals surface area contributed by atoms with Gasteiger partial charge in [0.2, 0.25) is 0 Å². The fourth-order valence-corrected chi connectivity index (χ4v) is 5.13. The first-order chi connectivity index (χ1) is 13.9. The van der Waals surface area contributed by atoms with E-state index in [1.165, 1.54) is 47.8 Å². The van der Waals surface area contributed by atoms with Crippen LogP contribution < -0.4 is 5.32 Å². The number of allylic oxidation sites excluding steroid dienone is 1. The highest BCUT2D eigenvalue weighted by atomic mass is 32.2.